The number of rotatable bonds is 5. The summed E-state index contributed by atoms with van der Waals surface area (Å²) in [4.78, 5) is 28.3. The van der Waals surface area contributed by atoms with E-state index in [1.807, 2.05) is 30.5 Å². The molecule has 146 valence electrons. The Morgan fingerprint density at radius 3 is 2.96 bits per heavy atom. The van der Waals surface area contributed by atoms with Crippen molar-refractivity contribution >= 4 is 16.8 Å². The highest BCUT2D eigenvalue weighted by atomic mass is 16.4. The molecule has 3 heterocycles. The summed E-state index contributed by atoms with van der Waals surface area (Å²) in [6.07, 6.45) is 4.70. The monoisotopic (exact) mass is 379 g/mol. The smallest absolute Gasteiger partial charge is 0.349 e. The highest BCUT2D eigenvalue weighted by Gasteiger charge is 2.22. The fourth-order valence-electron chi connectivity index (χ4n) is 3.94. The molecule has 3 N–H and O–H groups in total. The molecule has 1 atom stereocenters. The van der Waals surface area contributed by atoms with E-state index < -0.39 is 5.63 Å². The molecule has 28 heavy (non-hydrogen) atoms. The average Bonchev–Trinajstić information content (AvgIpc) is 3.11. The lowest BCUT2D eigenvalue weighted by molar-refractivity contribution is 0.0949. The number of H-pyrrole nitrogens is 1. The minimum atomic E-state index is -0.551. The largest absolute Gasteiger partial charge is 0.427 e. The zero-order valence-corrected chi connectivity index (χ0v) is 16.0. The Morgan fingerprint density at radius 1 is 1.32 bits per heavy atom. The van der Waals surface area contributed by atoms with E-state index in [0.29, 0.717) is 24.3 Å². The molecule has 1 amide bonds. The van der Waals surface area contributed by atoms with Crippen LogP contribution in [0.2, 0.25) is 0 Å². The zero-order valence-electron chi connectivity index (χ0n) is 16.0. The van der Waals surface area contributed by atoms with Crippen molar-refractivity contribution in [2.75, 3.05) is 19.6 Å². The van der Waals surface area contributed by atoms with E-state index >= 15 is 0 Å². The first-order valence-corrected chi connectivity index (χ1v) is 9.82. The van der Waals surface area contributed by atoms with Crippen molar-refractivity contribution in [3.8, 4) is 0 Å². The van der Waals surface area contributed by atoms with Gasteiger partial charge in [0.15, 0.2) is 0 Å². The van der Waals surface area contributed by atoms with Gasteiger partial charge in [0.25, 0.3) is 5.91 Å². The van der Waals surface area contributed by atoms with Crippen molar-refractivity contribution in [3.05, 3.63) is 69.4 Å². The van der Waals surface area contributed by atoms with Crippen LogP contribution in [0.4, 0.5) is 0 Å². The first kappa shape index (κ1) is 18.5. The van der Waals surface area contributed by atoms with Gasteiger partial charge in [-0.05, 0) is 56.0 Å². The van der Waals surface area contributed by atoms with Crippen LogP contribution in [0.25, 0.3) is 10.9 Å². The van der Waals surface area contributed by atoms with Crippen molar-refractivity contribution in [2.24, 2.45) is 0 Å². The van der Waals surface area contributed by atoms with Gasteiger partial charge in [-0.1, -0.05) is 18.2 Å². The van der Waals surface area contributed by atoms with Crippen LogP contribution in [0.1, 0.15) is 46.0 Å². The van der Waals surface area contributed by atoms with Crippen molar-refractivity contribution in [1.82, 2.24) is 15.6 Å². The van der Waals surface area contributed by atoms with Crippen molar-refractivity contribution < 1.29 is 9.21 Å². The molecule has 0 bridgehead atoms. The molecule has 3 aromatic rings. The van der Waals surface area contributed by atoms with Gasteiger partial charge < -0.3 is 20.0 Å². The Balaban J connectivity index is 1.43. The maximum absolute atomic E-state index is 12.6. The van der Waals surface area contributed by atoms with E-state index in [-0.39, 0.29) is 17.4 Å². The quantitative estimate of drug-likeness (QED) is 0.636. The summed E-state index contributed by atoms with van der Waals surface area (Å²) in [7, 11) is 0. The number of carbonyl (C=O) groups is 1. The molecule has 1 saturated heterocycles. The van der Waals surface area contributed by atoms with Crippen LogP contribution in [0.3, 0.4) is 0 Å². The average molecular weight is 379 g/mol. The molecular formula is C22H25N3O3. The van der Waals surface area contributed by atoms with Crippen LogP contribution in [0.15, 0.2) is 45.7 Å². The second-order valence-corrected chi connectivity index (χ2v) is 7.40. The third kappa shape index (κ3) is 3.73. The molecule has 4 rings (SSSR count). The van der Waals surface area contributed by atoms with E-state index in [2.05, 4.69) is 21.7 Å². The molecule has 0 aliphatic carbocycles. The molecule has 1 fully saturated rings. The van der Waals surface area contributed by atoms with Crippen LogP contribution in [-0.2, 0) is 6.42 Å². The number of fused-ring (bicyclic) bond motifs is 1. The Hall–Kier alpha value is -2.86. The number of carbonyl (C=O) groups excluding carboxylic acids is 1. The van der Waals surface area contributed by atoms with E-state index in [0.717, 1.165) is 42.4 Å². The van der Waals surface area contributed by atoms with Gasteiger partial charge in [0.05, 0.1) is 0 Å². The SMILES string of the molecule is Cc1cc(C2CCCNC2)oc(=O)c1C(=O)NCCc1c[nH]c2ccccc12. The number of aromatic nitrogens is 1. The molecule has 2 aromatic heterocycles. The fraction of sp³-hybridized carbons (Fsp3) is 0.364. The summed E-state index contributed by atoms with van der Waals surface area (Å²) in [5.41, 5.74) is 2.44. The van der Waals surface area contributed by atoms with Gasteiger partial charge in [0.1, 0.15) is 11.3 Å². The summed E-state index contributed by atoms with van der Waals surface area (Å²) >= 11 is 0. The highest BCUT2D eigenvalue weighted by molar-refractivity contribution is 5.95. The van der Waals surface area contributed by atoms with E-state index in [1.165, 1.54) is 0 Å². The molecule has 1 aliphatic heterocycles. The number of hydrogen-bond donors (Lipinski definition) is 3. The predicted octanol–water partition coefficient (Wildman–Crippen LogP) is 2.87. The molecule has 1 unspecified atom stereocenters. The summed E-state index contributed by atoms with van der Waals surface area (Å²) < 4.78 is 5.50. The Morgan fingerprint density at radius 2 is 2.18 bits per heavy atom. The molecule has 0 saturated carbocycles. The summed E-state index contributed by atoms with van der Waals surface area (Å²) in [6.45, 7) is 4.05. The lowest BCUT2D eigenvalue weighted by atomic mass is 9.95. The van der Waals surface area contributed by atoms with Crippen molar-refractivity contribution in [2.45, 2.75) is 32.1 Å². The summed E-state index contributed by atoms with van der Waals surface area (Å²) in [6, 6.07) is 9.90. The second kappa shape index (κ2) is 8.02. The zero-order chi connectivity index (χ0) is 19.5. The van der Waals surface area contributed by atoms with Crippen molar-refractivity contribution in [1.29, 1.82) is 0 Å². The Labute approximate surface area is 163 Å². The molecule has 1 aromatic carbocycles. The van der Waals surface area contributed by atoms with E-state index in [9.17, 15) is 9.59 Å². The van der Waals surface area contributed by atoms with Gasteiger partial charge in [-0.2, -0.15) is 0 Å². The third-order valence-corrected chi connectivity index (χ3v) is 5.45. The van der Waals surface area contributed by atoms with Gasteiger partial charge in [-0.25, -0.2) is 4.79 Å². The summed E-state index contributed by atoms with van der Waals surface area (Å²) in [5, 5.41) is 7.33. The highest BCUT2D eigenvalue weighted by Crippen LogP contribution is 2.23. The minimum Gasteiger partial charge on any atom is -0.427 e. The summed E-state index contributed by atoms with van der Waals surface area (Å²) in [5.74, 6) is 0.489. The number of aryl methyl sites for hydroxylation is 1. The number of hydrogen-bond acceptors (Lipinski definition) is 4. The number of aromatic amines is 1. The molecular weight excluding hydrogens is 354 g/mol. The van der Waals surface area contributed by atoms with Crippen LogP contribution >= 0.6 is 0 Å². The van der Waals surface area contributed by atoms with E-state index in [1.54, 1.807) is 6.92 Å². The maximum atomic E-state index is 12.6. The molecule has 1 aliphatic rings. The lowest BCUT2D eigenvalue weighted by Gasteiger charge is -2.22. The molecule has 6 heteroatoms. The van der Waals surface area contributed by atoms with Crippen LogP contribution in [0, 0.1) is 6.92 Å². The Bertz CT molecular complexity index is 1040. The first-order chi connectivity index (χ1) is 13.6. The first-order valence-electron chi connectivity index (χ1n) is 9.82. The minimum absolute atomic E-state index is 0.103. The topological polar surface area (TPSA) is 87.1 Å². The van der Waals surface area contributed by atoms with Gasteiger partial charge in [0, 0.05) is 36.1 Å². The maximum Gasteiger partial charge on any atom is 0.349 e. The number of para-hydroxylation sites is 1. The lowest BCUT2D eigenvalue weighted by Crippen LogP contribution is -2.32. The number of benzene rings is 1. The predicted molar refractivity (Wildman–Crippen MR) is 109 cm³/mol. The molecule has 6 nitrogen and oxygen atoms in total. The van der Waals surface area contributed by atoms with Crippen LogP contribution in [0.5, 0.6) is 0 Å². The second-order valence-electron chi connectivity index (χ2n) is 7.40. The standard InChI is InChI=1S/C22H25N3O3/c1-14-11-19(16-5-4-9-23-12-16)28-22(27)20(14)21(26)24-10-8-15-13-25-18-7-3-2-6-17(15)18/h2-3,6-7,11,13,16,23,25H,4-5,8-10,12H2,1H3,(H,24,26). The van der Waals surface area contributed by atoms with Gasteiger partial charge >= 0.3 is 5.63 Å². The normalized spacial score (nSPS) is 17.0. The van der Waals surface area contributed by atoms with Gasteiger partial charge in [-0.3, -0.25) is 4.79 Å². The van der Waals surface area contributed by atoms with Crippen molar-refractivity contribution in [3.63, 3.8) is 0 Å². The van der Waals surface area contributed by atoms with Crippen LogP contribution in [-0.4, -0.2) is 30.5 Å². The molecule has 0 spiro atoms. The molecule has 0 radical (unpaired) electrons. The van der Waals surface area contributed by atoms with Gasteiger partial charge in [0.2, 0.25) is 0 Å². The Kier molecular flexibility index (Phi) is 5.30. The van der Waals surface area contributed by atoms with Crippen LogP contribution < -0.4 is 16.3 Å². The fourth-order valence-corrected chi connectivity index (χ4v) is 3.94. The third-order valence-electron chi connectivity index (χ3n) is 5.45. The number of piperidine rings is 1. The number of nitrogens with one attached hydrogen (secondary N) is 3. The number of amides is 1. The van der Waals surface area contributed by atoms with E-state index in [4.69, 9.17) is 4.42 Å². The van der Waals surface area contributed by atoms with Gasteiger partial charge in [-0.15, -0.1) is 0 Å².